The number of rotatable bonds is 19. The second kappa shape index (κ2) is 22.1. The molecule has 0 fully saturated rings. The van der Waals surface area contributed by atoms with Gasteiger partial charge in [-0.25, -0.2) is 13.2 Å². The summed E-state index contributed by atoms with van der Waals surface area (Å²) >= 11 is 0. The fourth-order valence-electron chi connectivity index (χ4n) is 3.92. The number of oxime groups is 3. The molecule has 3 rings (SSSR count). The molecule has 0 saturated heterocycles. The molecule has 3 aromatic carbocycles. The van der Waals surface area contributed by atoms with Crippen molar-refractivity contribution in [3.05, 3.63) is 89.2 Å². The summed E-state index contributed by atoms with van der Waals surface area (Å²) < 4.78 is 210. The van der Waals surface area contributed by atoms with Crippen LogP contribution in [-0.2, 0) is 43.2 Å². The Balaban J connectivity index is 0.000000535. The molecule has 0 aromatic heterocycles. The van der Waals surface area contributed by atoms with Crippen LogP contribution in [-0.4, -0.2) is 92.8 Å². The van der Waals surface area contributed by atoms with Crippen LogP contribution in [0.15, 0.2) is 82.2 Å². The molecule has 16 nitrogen and oxygen atoms in total. The molecule has 0 heterocycles. The van der Waals surface area contributed by atoms with Crippen molar-refractivity contribution >= 4 is 47.5 Å². The van der Waals surface area contributed by atoms with E-state index in [4.69, 9.17) is 19.5 Å². The molecule has 3 aromatic rings. The highest BCUT2D eigenvalue weighted by molar-refractivity contribution is 7.87. The van der Waals surface area contributed by atoms with Gasteiger partial charge in [-0.2, -0.15) is 56.9 Å². The van der Waals surface area contributed by atoms with Crippen LogP contribution in [0.25, 0.3) is 0 Å². The van der Waals surface area contributed by atoms with Gasteiger partial charge in [0, 0.05) is 29.2 Å². The average molecular weight is 943 g/mol. The topological polar surface area (TPSA) is 219 Å². The van der Waals surface area contributed by atoms with Crippen LogP contribution in [0.1, 0.15) is 36.5 Å². The summed E-state index contributed by atoms with van der Waals surface area (Å²) in [6.45, 7) is 1.51. The van der Waals surface area contributed by atoms with E-state index in [1.807, 2.05) is 0 Å². The Bertz CT molecular complexity index is 2410. The molecule has 0 amide bonds. The fraction of sp³-hybridized carbons (Fsp3) is 0.333. The van der Waals surface area contributed by atoms with E-state index in [9.17, 15) is 64.8 Å². The normalized spacial score (nSPS) is 13.1. The zero-order chi connectivity index (χ0) is 46.2. The van der Waals surface area contributed by atoms with Gasteiger partial charge in [0.15, 0.2) is 17.1 Å². The van der Waals surface area contributed by atoms with Crippen molar-refractivity contribution in [2.75, 3.05) is 32.3 Å². The number of halogens is 9. The summed E-state index contributed by atoms with van der Waals surface area (Å²) in [6, 6.07) is 14.1. The van der Waals surface area contributed by atoms with E-state index in [1.54, 1.807) is 0 Å². The number of nitriles is 1. The molecule has 61 heavy (non-hydrogen) atoms. The van der Waals surface area contributed by atoms with Gasteiger partial charge >= 0.3 is 42.0 Å². The van der Waals surface area contributed by atoms with Gasteiger partial charge < -0.3 is 14.2 Å². The van der Waals surface area contributed by atoms with Crippen LogP contribution in [0.4, 0.5) is 39.5 Å². The maximum atomic E-state index is 14.5. The van der Waals surface area contributed by atoms with Crippen molar-refractivity contribution in [1.82, 2.24) is 0 Å². The Hall–Kier alpha value is -5.82. The standard InChI is InChI=1S/C23H24F6N2O8S2.C10H7F3N2O4S/c1-3-13-41(34,35)39-30-20(22(25)26)18-10-9-17(14-19(18)24)37-12-4-11-36-16-7-5-15(6-8-16)21(23(27,28)29)31-38-40(2,32)33;1-18-8-4-2-7(3-5-8)9(6-14)15-19-20(16,17)10(11,12)13/h5-10,14,22H,3-4,11-13H2,1-2H3;2-5H,1H3/b30-20?,31-21+;15-9-. The quantitative estimate of drug-likeness (QED) is 0.0417. The number of methoxy groups -OCH3 is 1. The molecule has 0 aliphatic rings. The molecular weight excluding hydrogens is 912 g/mol. The van der Waals surface area contributed by atoms with Crippen LogP contribution in [0.3, 0.4) is 0 Å². The molecule has 0 atom stereocenters. The molecule has 336 valence electrons. The zero-order valence-corrected chi connectivity index (χ0v) is 33.7. The highest BCUT2D eigenvalue weighted by Crippen LogP contribution is 2.27. The van der Waals surface area contributed by atoms with E-state index >= 15 is 0 Å². The van der Waals surface area contributed by atoms with Gasteiger partial charge in [0.2, 0.25) is 0 Å². The summed E-state index contributed by atoms with van der Waals surface area (Å²) in [6.07, 6.45) is -7.43. The SMILES string of the molecule is CCCS(=O)(=O)ON=C(c1ccc(OCCCOc2ccc(/C(=N\OS(C)(=O)=O)C(F)(F)F)cc2)cc1F)C(F)F.COc1ccc(/C(C#N)=N\OS(=O)(=O)C(F)(F)F)cc1. The maximum Gasteiger partial charge on any atom is 0.536 e. The Labute approximate surface area is 342 Å². The fourth-order valence-corrected chi connectivity index (χ4v) is 5.16. The lowest BCUT2D eigenvalue weighted by Crippen LogP contribution is -2.24. The Morgan fingerprint density at radius 2 is 1.30 bits per heavy atom. The van der Waals surface area contributed by atoms with Gasteiger partial charge in [0.25, 0.3) is 6.43 Å². The minimum absolute atomic E-state index is 0.0169. The first-order valence-electron chi connectivity index (χ1n) is 16.3. The second-order valence-electron chi connectivity index (χ2n) is 11.3. The smallest absolute Gasteiger partial charge is 0.497 e. The molecule has 0 aliphatic heterocycles. The number of hydrogen-bond acceptors (Lipinski definition) is 16. The van der Waals surface area contributed by atoms with Crippen LogP contribution in [0.2, 0.25) is 0 Å². The molecule has 0 N–H and O–H groups in total. The summed E-state index contributed by atoms with van der Waals surface area (Å²) in [4.78, 5) is 0. The molecule has 0 bridgehead atoms. The van der Waals surface area contributed by atoms with Gasteiger partial charge in [-0.3, -0.25) is 12.9 Å². The molecule has 0 unspecified atom stereocenters. The molecule has 0 radical (unpaired) electrons. The van der Waals surface area contributed by atoms with Gasteiger partial charge in [-0.1, -0.05) is 22.4 Å². The third-order valence-electron chi connectivity index (χ3n) is 6.59. The number of benzene rings is 3. The Kier molecular flexibility index (Phi) is 18.6. The second-order valence-corrected chi connectivity index (χ2v) is 16.1. The first kappa shape index (κ1) is 51.3. The molecular formula is C33H31F9N4O12S3. The minimum Gasteiger partial charge on any atom is -0.497 e. The van der Waals surface area contributed by atoms with Crippen molar-refractivity contribution < 1.29 is 91.8 Å². The number of alkyl halides is 8. The van der Waals surface area contributed by atoms with E-state index in [0.29, 0.717) is 12.0 Å². The molecule has 0 saturated carbocycles. The van der Waals surface area contributed by atoms with Crippen LogP contribution in [0.5, 0.6) is 17.2 Å². The van der Waals surface area contributed by atoms with Gasteiger partial charge in [0.1, 0.15) is 29.1 Å². The lowest BCUT2D eigenvalue weighted by molar-refractivity contribution is -0.0597. The molecule has 0 aliphatic carbocycles. The zero-order valence-electron chi connectivity index (χ0n) is 31.3. The predicted molar refractivity (Wildman–Crippen MR) is 196 cm³/mol. The average Bonchev–Trinajstić information content (AvgIpc) is 3.15. The minimum atomic E-state index is -5.89. The van der Waals surface area contributed by atoms with E-state index in [1.165, 1.54) is 56.5 Å². The lowest BCUT2D eigenvalue weighted by Gasteiger charge is -2.12. The molecule has 0 spiro atoms. The monoisotopic (exact) mass is 942 g/mol. The van der Waals surface area contributed by atoms with Gasteiger partial charge in [0.05, 0.1) is 32.3 Å². The maximum absolute atomic E-state index is 14.5. The van der Waals surface area contributed by atoms with Gasteiger partial charge in [-0.05, 0) is 67.1 Å². The number of hydrogen-bond donors (Lipinski definition) is 0. The Morgan fingerprint density at radius 1 is 0.754 bits per heavy atom. The lowest BCUT2D eigenvalue weighted by atomic mass is 10.1. The largest absolute Gasteiger partial charge is 0.536 e. The summed E-state index contributed by atoms with van der Waals surface area (Å²) in [5, 5.41) is 17.1. The van der Waals surface area contributed by atoms with Crippen LogP contribution >= 0.6 is 0 Å². The van der Waals surface area contributed by atoms with Crippen LogP contribution in [0, 0.1) is 17.1 Å². The highest BCUT2D eigenvalue weighted by atomic mass is 32.2. The van der Waals surface area contributed by atoms with Crippen molar-refractivity contribution in [3.8, 4) is 23.3 Å². The van der Waals surface area contributed by atoms with E-state index in [2.05, 4.69) is 28.3 Å². The van der Waals surface area contributed by atoms with Crippen molar-refractivity contribution in [2.45, 2.75) is 37.9 Å². The first-order valence-corrected chi connectivity index (χ1v) is 21.1. The van der Waals surface area contributed by atoms with Crippen LogP contribution < -0.4 is 14.2 Å². The van der Waals surface area contributed by atoms with E-state index in [-0.39, 0.29) is 43.1 Å². The van der Waals surface area contributed by atoms with Crippen molar-refractivity contribution in [3.63, 3.8) is 0 Å². The van der Waals surface area contributed by atoms with Gasteiger partial charge in [-0.15, -0.1) is 0 Å². The van der Waals surface area contributed by atoms with E-state index in [0.717, 1.165) is 30.3 Å². The highest BCUT2D eigenvalue weighted by Gasteiger charge is 2.49. The third kappa shape index (κ3) is 17.4. The van der Waals surface area contributed by atoms with Crippen molar-refractivity contribution in [2.24, 2.45) is 15.5 Å². The molecule has 28 heteroatoms. The summed E-state index contributed by atoms with van der Waals surface area (Å²) in [7, 11) is -13.0. The summed E-state index contributed by atoms with van der Waals surface area (Å²) in [5.74, 6) is -1.07. The first-order chi connectivity index (χ1) is 28.2. The summed E-state index contributed by atoms with van der Waals surface area (Å²) in [5.41, 5.74) is -10.1. The van der Waals surface area contributed by atoms with E-state index < -0.39 is 88.3 Å². The predicted octanol–water partition coefficient (Wildman–Crippen LogP) is 6.43. The number of ether oxygens (including phenoxy) is 3. The third-order valence-corrected chi connectivity index (χ3v) is 8.99. The Morgan fingerprint density at radius 3 is 1.77 bits per heavy atom. The van der Waals surface area contributed by atoms with Crippen molar-refractivity contribution in [1.29, 1.82) is 5.26 Å². The number of nitrogens with zero attached hydrogens (tertiary/aromatic N) is 4.